The number of rotatable bonds is 5. The monoisotopic (exact) mass is 366 g/mol. The fourth-order valence-corrected chi connectivity index (χ4v) is 3.47. The average Bonchev–Trinajstić information content (AvgIpc) is 2.88. The maximum absolute atomic E-state index is 12.5. The van der Waals surface area contributed by atoms with Crippen molar-refractivity contribution in [3.63, 3.8) is 0 Å². The van der Waals surface area contributed by atoms with E-state index in [0.29, 0.717) is 5.57 Å². The Kier molecular flexibility index (Phi) is 7.58. The number of hydrogen-bond donors (Lipinski definition) is 1. The molecule has 0 aromatic rings. The van der Waals surface area contributed by atoms with Crippen molar-refractivity contribution in [1.82, 2.24) is 5.32 Å². The summed E-state index contributed by atoms with van der Waals surface area (Å²) in [5.74, 6) is -0.0698. The Hall–Kier alpha value is -2.16. The van der Waals surface area contributed by atoms with Gasteiger partial charge in [-0.1, -0.05) is 70.9 Å². The lowest BCUT2D eigenvalue weighted by molar-refractivity contribution is -0.118. The van der Waals surface area contributed by atoms with Crippen molar-refractivity contribution in [3.05, 3.63) is 59.3 Å². The molecule has 2 rings (SSSR count). The van der Waals surface area contributed by atoms with Crippen molar-refractivity contribution in [3.8, 4) is 0 Å². The first-order valence-corrected chi connectivity index (χ1v) is 10.0. The van der Waals surface area contributed by atoms with E-state index >= 15 is 0 Å². The van der Waals surface area contributed by atoms with Crippen molar-refractivity contribution < 1.29 is 4.79 Å². The Morgan fingerprint density at radius 3 is 2.56 bits per heavy atom. The van der Waals surface area contributed by atoms with Crippen LogP contribution < -0.4 is 5.32 Å². The summed E-state index contributed by atoms with van der Waals surface area (Å²) in [5, 5.41) is 3.14. The standard InChI is InChI=1S/C24H34N2O/c1-18(23(27)26-22-12-7-6-8-13-22)16-20(17-25-5)19-10-9-11-21(15-14-19)24(2,3)4/h9,11,14-17,22H,1,6-8,10,12-13H2,2-5H3,(H,26,27)/b20-16+,25-17?. The second-order valence-electron chi connectivity index (χ2n) is 8.49. The van der Waals surface area contributed by atoms with Crippen molar-refractivity contribution in [1.29, 1.82) is 0 Å². The van der Waals surface area contributed by atoms with Gasteiger partial charge in [0.15, 0.2) is 0 Å². The molecule has 2 aliphatic carbocycles. The summed E-state index contributed by atoms with van der Waals surface area (Å²) in [5.41, 5.74) is 3.97. The SMILES string of the molecule is C=C(/C=C(\C=NC)C1=CC=C(C(C)(C)C)C=CC1)C(=O)NC1CCCCC1. The quantitative estimate of drug-likeness (QED) is 0.391. The smallest absolute Gasteiger partial charge is 0.250 e. The Bertz CT molecular complexity index is 705. The predicted octanol–water partition coefficient (Wildman–Crippen LogP) is 5.48. The van der Waals surface area contributed by atoms with E-state index in [1.54, 1.807) is 7.05 Å². The first kappa shape index (κ1) is 21.1. The zero-order valence-electron chi connectivity index (χ0n) is 17.3. The Labute approximate surface area is 164 Å². The minimum atomic E-state index is -0.0698. The fourth-order valence-electron chi connectivity index (χ4n) is 3.47. The van der Waals surface area contributed by atoms with Crippen LogP contribution in [-0.2, 0) is 4.79 Å². The molecule has 0 heterocycles. The molecule has 1 saturated carbocycles. The molecule has 0 aromatic carbocycles. The van der Waals surface area contributed by atoms with E-state index in [1.165, 1.54) is 24.8 Å². The van der Waals surface area contributed by atoms with E-state index in [9.17, 15) is 4.79 Å². The molecule has 0 unspecified atom stereocenters. The van der Waals surface area contributed by atoms with Gasteiger partial charge in [0.05, 0.1) is 0 Å². The fraction of sp³-hybridized carbons (Fsp3) is 0.500. The van der Waals surface area contributed by atoms with Gasteiger partial charge in [0.25, 0.3) is 5.91 Å². The van der Waals surface area contributed by atoms with Crippen molar-refractivity contribution in [2.45, 2.75) is 65.3 Å². The normalized spacial score (nSPS) is 19.5. The molecule has 3 nitrogen and oxygen atoms in total. The highest BCUT2D eigenvalue weighted by molar-refractivity contribution is 5.98. The van der Waals surface area contributed by atoms with Crippen molar-refractivity contribution in [2.24, 2.45) is 10.4 Å². The summed E-state index contributed by atoms with van der Waals surface area (Å²) in [7, 11) is 1.75. The highest BCUT2D eigenvalue weighted by atomic mass is 16.1. The summed E-state index contributed by atoms with van der Waals surface area (Å²) < 4.78 is 0. The molecule has 2 aliphatic rings. The largest absolute Gasteiger partial charge is 0.349 e. The molecule has 3 heteroatoms. The highest BCUT2D eigenvalue weighted by Crippen LogP contribution is 2.29. The van der Waals surface area contributed by atoms with Gasteiger partial charge in [-0.2, -0.15) is 0 Å². The number of carbonyl (C=O) groups is 1. The van der Waals surface area contributed by atoms with E-state index in [1.807, 2.05) is 12.3 Å². The molecule has 0 aromatic heterocycles. The Morgan fingerprint density at radius 1 is 1.22 bits per heavy atom. The van der Waals surface area contributed by atoms with Gasteiger partial charge in [-0.05, 0) is 47.5 Å². The number of nitrogens with zero attached hydrogens (tertiary/aromatic N) is 1. The first-order valence-electron chi connectivity index (χ1n) is 10.0. The summed E-state index contributed by atoms with van der Waals surface area (Å²) in [6, 6.07) is 0.289. The molecular weight excluding hydrogens is 332 g/mol. The van der Waals surface area contributed by atoms with Gasteiger partial charge in [0.1, 0.15) is 0 Å². The van der Waals surface area contributed by atoms with Gasteiger partial charge in [-0.3, -0.25) is 9.79 Å². The summed E-state index contributed by atoms with van der Waals surface area (Å²) in [4.78, 5) is 16.7. The zero-order valence-corrected chi connectivity index (χ0v) is 17.3. The van der Waals surface area contributed by atoms with Crippen LogP contribution >= 0.6 is 0 Å². The third-order valence-electron chi connectivity index (χ3n) is 5.17. The van der Waals surface area contributed by atoms with E-state index in [0.717, 1.165) is 30.4 Å². The lowest BCUT2D eigenvalue weighted by atomic mass is 9.86. The molecule has 0 atom stereocenters. The van der Waals surface area contributed by atoms with E-state index in [2.05, 4.69) is 62.0 Å². The van der Waals surface area contributed by atoms with Crippen LogP contribution in [0.1, 0.15) is 59.3 Å². The molecule has 0 spiro atoms. The van der Waals surface area contributed by atoms with Gasteiger partial charge in [0, 0.05) is 24.9 Å². The zero-order chi connectivity index (χ0) is 19.9. The van der Waals surface area contributed by atoms with Gasteiger partial charge in [-0.15, -0.1) is 0 Å². The van der Waals surface area contributed by atoms with Gasteiger partial charge in [-0.25, -0.2) is 0 Å². The number of allylic oxidation sites excluding steroid dienone is 7. The lowest BCUT2D eigenvalue weighted by Crippen LogP contribution is -2.36. The van der Waals surface area contributed by atoms with Crippen molar-refractivity contribution >= 4 is 12.1 Å². The molecule has 0 bridgehead atoms. The maximum Gasteiger partial charge on any atom is 0.250 e. The summed E-state index contributed by atoms with van der Waals surface area (Å²) >= 11 is 0. The van der Waals surface area contributed by atoms with E-state index < -0.39 is 0 Å². The molecule has 146 valence electrons. The average molecular weight is 367 g/mol. The number of nitrogens with one attached hydrogen (secondary N) is 1. The van der Waals surface area contributed by atoms with Gasteiger partial charge >= 0.3 is 0 Å². The van der Waals surface area contributed by atoms with Gasteiger partial charge in [0.2, 0.25) is 0 Å². The van der Waals surface area contributed by atoms with Crippen LogP contribution in [0.15, 0.2) is 64.2 Å². The molecular formula is C24H34N2O. The number of aliphatic imine (C=N–C) groups is 1. The second-order valence-corrected chi connectivity index (χ2v) is 8.49. The number of amides is 1. The molecule has 1 N–H and O–H groups in total. The Balaban J connectivity index is 2.16. The van der Waals surface area contributed by atoms with Crippen LogP contribution in [-0.4, -0.2) is 25.2 Å². The van der Waals surface area contributed by atoms with Crippen LogP contribution in [0.5, 0.6) is 0 Å². The topological polar surface area (TPSA) is 41.5 Å². The molecule has 1 amide bonds. The third-order valence-corrected chi connectivity index (χ3v) is 5.17. The van der Waals surface area contributed by atoms with E-state index in [-0.39, 0.29) is 17.4 Å². The van der Waals surface area contributed by atoms with Crippen LogP contribution in [0, 0.1) is 5.41 Å². The number of carbonyl (C=O) groups excluding carboxylic acids is 1. The van der Waals surface area contributed by atoms with Crippen LogP contribution in [0.25, 0.3) is 0 Å². The highest BCUT2D eigenvalue weighted by Gasteiger charge is 2.18. The minimum absolute atomic E-state index is 0.0698. The predicted molar refractivity (Wildman–Crippen MR) is 116 cm³/mol. The van der Waals surface area contributed by atoms with Gasteiger partial charge < -0.3 is 5.32 Å². The molecule has 0 aliphatic heterocycles. The van der Waals surface area contributed by atoms with Crippen LogP contribution in [0.4, 0.5) is 0 Å². The second kappa shape index (κ2) is 9.68. The Morgan fingerprint density at radius 2 is 1.93 bits per heavy atom. The van der Waals surface area contributed by atoms with Crippen LogP contribution in [0.3, 0.4) is 0 Å². The first-order chi connectivity index (χ1) is 12.8. The minimum Gasteiger partial charge on any atom is -0.349 e. The van der Waals surface area contributed by atoms with Crippen molar-refractivity contribution in [2.75, 3.05) is 7.05 Å². The van der Waals surface area contributed by atoms with Crippen LogP contribution in [0.2, 0.25) is 0 Å². The summed E-state index contributed by atoms with van der Waals surface area (Å²) in [6.07, 6.45) is 19.0. The van der Waals surface area contributed by atoms with E-state index in [4.69, 9.17) is 0 Å². The third kappa shape index (κ3) is 6.50. The molecule has 1 fully saturated rings. The summed E-state index contributed by atoms with van der Waals surface area (Å²) in [6.45, 7) is 10.6. The number of hydrogen-bond acceptors (Lipinski definition) is 2. The molecule has 0 saturated heterocycles. The lowest BCUT2D eigenvalue weighted by Gasteiger charge is -2.22. The maximum atomic E-state index is 12.5. The molecule has 0 radical (unpaired) electrons. The molecule has 27 heavy (non-hydrogen) atoms.